The summed E-state index contributed by atoms with van der Waals surface area (Å²) in [6.07, 6.45) is 4.13. The molecule has 1 heterocycles. The molecule has 0 saturated heterocycles. The van der Waals surface area contributed by atoms with Crippen LogP contribution in [0.2, 0.25) is 0 Å². The maximum Gasteiger partial charge on any atom is 0.276 e. The summed E-state index contributed by atoms with van der Waals surface area (Å²) in [7, 11) is -3.64. The third-order valence-corrected chi connectivity index (χ3v) is 4.30. The van der Waals surface area contributed by atoms with Crippen molar-refractivity contribution in [1.82, 2.24) is 9.82 Å². The van der Waals surface area contributed by atoms with Crippen molar-refractivity contribution in [2.24, 2.45) is 5.10 Å². The molecule has 0 aliphatic heterocycles. The van der Waals surface area contributed by atoms with E-state index in [9.17, 15) is 8.42 Å². The van der Waals surface area contributed by atoms with Gasteiger partial charge in [0.15, 0.2) is 0 Å². The molecule has 2 aromatic rings. The fourth-order valence-corrected chi connectivity index (χ4v) is 2.60. The van der Waals surface area contributed by atoms with Crippen molar-refractivity contribution < 1.29 is 8.42 Å². The van der Waals surface area contributed by atoms with Crippen LogP contribution in [0.15, 0.2) is 58.8 Å². The van der Waals surface area contributed by atoms with Crippen molar-refractivity contribution in [3.8, 4) is 0 Å². The first-order chi connectivity index (χ1) is 10.0. The normalized spacial score (nSPS) is 12.2. The summed E-state index contributed by atoms with van der Waals surface area (Å²) in [5, 5.41) is 3.94. The van der Waals surface area contributed by atoms with Gasteiger partial charge in [-0.3, -0.25) is 4.98 Å². The highest BCUT2D eigenvalue weighted by Crippen LogP contribution is 2.11. The maximum atomic E-state index is 12.1. The number of sulfonamides is 1. The molecule has 0 spiro atoms. The highest BCUT2D eigenvalue weighted by atomic mass is 32.2. The molecular formula is C15H17N3O2S. The first-order valence-electron chi connectivity index (χ1n) is 6.58. The lowest BCUT2D eigenvalue weighted by Crippen LogP contribution is -2.20. The molecule has 0 bridgehead atoms. The summed E-state index contributed by atoms with van der Waals surface area (Å²) in [5.41, 5.74) is 2.48. The average Bonchev–Trinajstić information content (AvgIpc) is 2.53. The predicted molar refractivity (Wildman–Crippen MR) is 82.6 cm³/mol. The molecule has 6 heteroatoms. The van der Waals surface area contributed by atoms with Gasteiger partial charge in [0.05, 0.1) is 10.6 Å². The molecular weight excluding hydrogens is 286 g/mol. The summed E-state index contributed by atoms with van der Waals surface area (Å²) in [6.45, 7) is 3.75. The highest BCUT2D eigenvalue weighted by molar-refractivity contribution is 7.89. The first kappa shape index (κ1) is 15.2. The Bertz CT molecular complexity index is 723. The minimum atomic E-state index is -3.64. The molecule has 0 fully saturated rings. The number of pyridine rings is 1. The van der Waals surface area contributed by atoms with Crippen LogP contribution in [0.25, 0.3) is 0 Å². The Labute approximate surface area is 124 Å². The lowest BCUT2D eigenvalue weighted by molar-refractivity contribution is 0.584. The molecule has 5 nitrogen and oxygen atoms in total. The fraction of sp³-hybridized carbons (Fsp3) is 0.200. The second kappa shape index (κ2) is 6.49. The fourth-order valence-electron chi connectivity index (χ4n) is 1.74. The van der Waals surface area contributed by atoms with Crippen LogP contribution in [0.1, 0.15) is 25.0 Å². The summed E-state index contributed by atoms with van der Waals surface area (Å²) < 4.78 is 24.3. The predicted octanol–water partition coefficient (Wildman–Crippen LogP) is 2.35. The van der Waals surface area contributed by atoms with E-state index < -0.39 is 10.0 Å². The van der Waals surface area contributed by atoms with Gasteiger partial charge in [-0.15, -0.1) is 0 Å². The van der Waals surface area contributed by atoms with Gasteiger partial charge in [-0.05, 0) is 43.2 Å². The zero-order chi connectivity index (χ0) is 15.3. The SMILES string of the molecule is CCc1ccc(S(=O)(=O)N/N=C(\C)c2ccncc2)cc1. The van der Waals surface area contributed by atoms with Crippen LogP contribution < -0.4 is 4.83 Å². The quantitative estimate of drug-likeness (QED) is 0.681. The first-order valence-corrected chi connectivity index (χ1v) is 8.06. The van der Waals surface area contributed by atoms with Crippen LogP contribution in [0.5, 0.6) is 0 Å². The molecule has 2 rings (SSSR count). The van der Waals surface area contributed by atoms with Gasteiger partial charge in [0.25, 0.3) is 10.0 Å². The maximum absolute atomic E-state index is 12.1. The van der Waals surface area contributed by atoms with Crippen LogP contribution in [-0.2, 0) is 16.4 Å². The van der Waals surface area contributed by atoms with Crippen molar-refractivity contribution in [2.75, 3.05) is 0 Å². The zero-order valence-electron chi connectivity index (χ0n) is 11.9. The summed E-state index contributed by atoms with van der Waals surface area (Å²) in [6, 6.07) is 10.3. The lowest BCUT2D eigenvalue weighted by Gasteiger charge is -2.06. The summed E-state index contributed by atoms with van der Waals surface area (Å²) >= 11 is 0. The van der Waals surface area contributed by atoms with Gasteiger partial charge in [-0.2, -0.15) is 18.4 Å². The van der Waals surface area contributed by atoms with E-state index in [1.165, 1.54) is 0 Å². The van der Waals surface area contributed by atoms with Gasteiger partial charge in [0, 0.05) is 18.0 Å². The number of aryl methyl sites for hydroxylation is 1. The van der Waals surface area contributed by atoms with Crippen molar-refractivity contribution in [2.45, 2.75) is 25.2 Å². The van der Waals surface area contributed by atoms with Gasteiger partial charge in [-0.25, -0.2) is 0 Å². The monoisotopic (exact) mass is 303 g/mol. The average molecular weight is 303 g/mol. The van der Waals surface area contributed by atoms with Gasteiger partial charge in [0.1, 0.15) is 0 Å². The van der Waals surface area contributed by atoms with Crippen molar-refractivity contribution in [3.05, 3.63) is 59.9 Å². The second-order valence-corrected chi connectivity index (χ2v) is 6.19. The molecule has 0 atom stereocenters. The van der Waals surface area contributed by atoms with E-state index in [0.29, 0.717) is 5.71 Å². The number of benzene rings is 1. The van der Waals surface area contributed by atoms with Crippen LogP contribution in [0, 0.1) is 0 Å². The third-order valence-electron chi connectivity index (χ3n) is 3.07. The zero-order valence-corrected chi connectivity index (χ0v) is 12.8. The number of hydrogen-bond donors (Lipinski definition) is 1. The molecule has 1 aromatic carbocycles. The number of hydrazone groups is 1. The minimum absolute atomic E-state index is 0.200. The molecule has 0 saturated carbocycles. The topological polar surface area (TPSA) is 71.4 Å². The molecule has 21 heavy (non-hydrogen) atoms. The highest BCUT2D eigenvalue weighted by Gasteiger charge is 2.12. The van der Waals surface area contributed by atoms with Gasteiger partial charge in [0.2, 0.25) is 0 Å². The third kappa shape index (κ3) is 3.88. The number of nitrogens with zero attached hydrogens (tertiary/aromatic N) is 2. The molecule has 1 aromatic heterocycles. The van der Waals surface area contributed by atoms with Gasteiger partial charge < -0.3 is 0 Å². The van der Waals surface area contributed by atoms with E-state index >= 15 is 0 Å². The van der Waals surface area contributed by atoms with E-state index in [1.54, 1.807) is 55.7 Å². The van der Waals surface area contributed by atoms with E-state index in [0.717, 1.165) is 17.5 Å². The largest absolute Gasteiger partial charge is 0.276 e. The Balaban J connectivity index is 2.17. The van der Waals surface area contributed by atoms with E-state index in [1.807, 2.05) is 6.92 Å². The smallest absolute Gasteiger partial charge is 0.265 e. The Hall–Kier alpha value is -2.21. The van der Waals surface area contributed by atoms with Crippen molar-refractivity contribution in [3.63, 3.8) is 0 Å². The Morgan fingerprint density at radius 2 is 1.76 bits per heavy atom. The molecule has 110 valence electrons. The van der Waals surface area contributed by atoms with Crippen molar-refractivity contribution >= 4 is 15.7 Å². The number of aromatic nitrogens is 1. The Morgan fingerprint density at radius 1 is 1.14 bits per heavy atom. The minimum Gasteiger partial charge on any atom is -0.265 e. The van der Waals surface area contributed by atoms with Crippen LogP contribution in [0.4, 0.5) is 0 Å². The van der Waals surface area contributed by atoms with E-state index in [2.05, 4.69) is 14.9 Å². The second-order valence-electron chi connectivity index (χ2n) is 4.53. The standard InChI is InChI=1S/C15H17N3O2S/c1-3-13-4-6-15(7-5-13)21(19,20)18-17-12(2)14-8-10-16-11-9-14/h4-11,18H,3H2,1-2H3/b17-12+. The molecule has 0 unspecified atom stereocenters. The van der Waals surface area contributed by atoms with E-state index in [-0.39, 0.29) is 4.90 Å². The van der Waals surface area contributed by atoms with Crippen LogP contribution in [0.3, 0.4) is 0 Å². The lowest BCUT2D eigenvalue weighted by atomic mass is 10.2. The van der Waals surface area contributed by atoms with Crippen LogP contribution in [-0.4, -0.2) is 19.1 Å². The van der Waals surface area contributed by atoms with Gasteiger partial charge in [-0.1, -0.05) is 19.1 Å². The summed E-state index contributed by atoms with van der Waals surface area (Å²) in [4.78, 5) is 6.36. The number of nitrogens with one attached hydrogen (secondary N) is 1. The van der Waals surface area contributed by atoms with Crippen molar-refractivity contribution in [1.29, 1.82) is 0 Å². The summed E-state index contributed by atoms with van der Waals surface area (Å²) in [5.74, 6) is 0. The number of rotatable bonds is 5. The Morgan fingerprint density at radius 3 is 2.33 bits per heavy atom. The number of hydrogen-bond acceptors (Lipinski definition) is 4. The van der Waals surface area contributed by atoms with Gasteiger partial charge >= 0.3 is 0 Å². The molecule has 0 aliphatic carbocycles. The Kier molecular flexibility index (Phi) is 4.70. The molecule has 0 radical (unpaired) electrons. The molecule has 1 N–H and O–H groups in total. The molecule has 0 amide bonds. The van der Waals surface area contributed by atoms with E-state index in [4.69, 9.17) is 0 Å². The van der Waals surface area contributed by atoms with Crippen LogP contribution >= 0.6 is 0 Å². The molecule has 0 aliphatic rings.